The molecule has 20 heavy (non-hydrogen) atoms. The molecule has 0 spiro atoms. The Morgan fingerprint density at radius 3 is 2.40 bits per heavy atom. The standard InChI is InChI=1S/C14H16N2O3S/c1-7(2)11(20)12(17)15-8-4-5-9-10(6-8)14(19)16(3)13(9)18/h4-7,11,20H,1-3H3,(H,15,17). The largest absolute Gasteiger partial charge is 0.325 e. The molecule has 1 aromatic rings. The first-order chi connectivity index (χ1) is 9.32. The smallest absolute Gasteiger partial charge is 0.261 e. The van der Waals surface area contributed by atoms with E-state index in [1.54, 1.807) is 12.1 Å². The Hall–Kier alpha value is -1.82. The highest BCUT2D eigenvalue weighted by atomic mass is 32.1. The monoisotopic (exact) mass is 292 g/mol. The van der Waals surface area contributed by atoms with E-state index in [9.17, 15) is 14.4 Å². The van der Waals surface area contributed by atoms with E-state index in [2.05, 4.69) is 17.9 Å². The fraction of sp³-hybridized carbons (Fsp3) is 0.357. The number of fused-ring (bicyclic) bond motifs is 1. The number of rotatable bonds is 3. The van der Waals surface area contributed by atoms with Crippen LogP contribution in [0.15, 0.2) is 18.2 Å². The molecule has 0 fully saturated rings. The number of imide groups is 1. The van der Waals surface area contributed by atoms with Crippen molar-refractivity contribution in [2.75, 3.05) is 12.4 Å². The summed E-state index contributed by atoms with van der Waals surface area (Å²) >= 11 is 4.24. The number of thiol groups is 1. The van der Waals surface area contributed by atoms with Gasteiger partial charge < -0.3 is 5.32 Å². The molecule has 1 aliphatic rings. The Bertz CT molecular complexity index is 598. The molecule has 0 aliphatic carbocycles. The Labute approximate surface area is 122 Å². The van der Waals surface area contributed by atoms with Gasteiger partial charge in [-0.1, -0.05) is 13.8 Å². The SMILES string of the molecule is CC(C)C(S)C(=O)Nc1ccc2c(c1)C(=O)N(C)C2=O. The second-order valence-corrected chi connectivity index (χ2v) is 5.66. The van der Waals surface area contributed by atoms with Crippen molar-refractivity contribution in [3.05, 3.63) is 29.3 Å². The predicted octanol–water partition coefficient (Wildman–Crippen LogP) is 1.81. The Morgan fingerprint density at radius 1 is 1.20 bits per heavy atom. The van der Waals surface area contributed by atoms with Crippen LogP contribution in [0.1, 0.15) is 34.6 Å². The van der Waals surface area contributed by atoms with Gasteiger partial charge in [0.15, 0.2) is 0 Å². The van der Waals surface area contributed by atoms with Crippen molar-refractivity contribution in [3.63, 3.8) is 0 Å². The van der Waals surface area contributed by atoms with Crippen molar-refractivity contribution in [1.29, 1.82) is 0 Å². The van der Waals surface area contributed by atoms with Crippen LogP contribution < -0.4 is 5.32 Å². The van der Waals surface area contributed by atoms with Crippen LogP contribution in [0.2, 0.25) is 0 Å². The van der Waals surface area contributed by atoms with Gasteiger partial charge in [-0.25, -0.2) is 0 Å². The van der Waals surface area contributed by atoms with Crippen molar-refractivity contribution in [2.45, 2.75) is 19.1 Å². The van der Waals surface area contributed by atoms with Crippen LogP contribution in [-0.2, 0) is 4.79 Å². The maximum atomic E-state index is 11.9. The minimum absolute atomic E-state index is 0.0992. The van der Waals surface area contributed by atoms with Crippen molar-refractivity contribution >= 4 is 36.0 Å². The lowest BCUT2D eigenvalue weighted by molar-refractivity contribution is -0.116. The lowest BCUT2D eigenvalue weighted by atomic mass is 10.1. The van der Waals surface area contributed by atoms with Gasteiger partial charge in [0.05, 0.1) is 16.4 Å². The lowest BCUT2D eigenvalue weighted by Gasteiger charge is -2.14. The topological polar surface area (TPSA) is 66.5 Å². The Morgan fingerprint density at radius 2 is 1.80 bits per heavy atom. The number of amides is 3. The molecule has 1 aromatic carbocycles. The zero-order valence-corrected chi connectivity index (χ0v) is 12.4. The van der Waals surface area contributed by atoms with Crippen molar-refractivity contribution in [1.82, 2.24) is 4.90 Å². The molecular formula is C14H16N2O3S. The van der Waals surface area contributed by atoms with Crippen molar-refractivity contribution in [2.24, 2.45) is 5.92 Å². The summed E-state index contributed by atoms with van der Waals surface area (Å²) in [7, 11) is 1.44. The normalized spacial score (nSPS) is 15.6. The van der Waals surface area contributed by atoms with E-state index >= 15 is 0 Å². The summed E-state index contributed by atoms with van der Waals surface area (Å²) in [4.78, 5) is 36.6. The molecule has 1 unspecified atom stereocenters. The van der Waals surface area contributed by atoms with Gasteiger partial charge in [0.2, 0.25) is 5.91 Å². The average molecular weight is 292 g/mol. The number of nitrogens with one attached hydrogen (secondary N) is 1. The fourth-order valence-corrected chi connectivity index (χ4v) is 2.02. The Balaban J connectivity index is 2.24. The molecule has 0 aromatic heterocycles. The Kier molecular flexibility index (Phi) is 3.85. The molecule has 0 radical (unpaired) electrons. The zero-order chi connectivity index (χ0) is 15.0. The van der Waals surface area contributed by atoms with Crippen LogP contribution >= 0.6 is 12.6 Å². The van der Waals surface area contributed by atoms with Crippen LogP contribution in [0.3, 0.4) is 0 Å². The second-order valence-electron chi connectivity index (χ2n) is 5.11. The highest BCUT2D eigenvalue weighted by molar-refractivity contribution is 7.81. The summed E-state index contributed by atoms with van der Waals surface area (Å²) in [6.45, 7) is 3.80. The quantitative estimate of drug-likeness (QED) is 0.659. The summed E-state index contributed by atoms with van der Waals surface area (Å²) in [6, 6.07) is 4.69. The summed E-state index contributed by atoms with van der Waals surface area (Å²) < 4.78 is 0. The number of hydrogen-bond donors (Lipinski definition) is 2. The van der Waals surface area contributed by atoms with Gasteiger partial charge in [-0.15, -0.1) is 0 Å². The summed E-state index contributed by atoms with van der Waals surface area (Å²) in [5.41, 5.74) is 1.17. The first-order valence-corrected chi connectivity index (χ1v) is 6.80. The van der Waals surface area contributed by atoms with Gasteiger partial charge in [-0.05, 0) is 24.1 Å². The summed E-state index contributed by atoms with van der Waals surface area (Å²) in [5.74, 6) is -0.806. The van der Waals surface area contributed by atoms with Gasteiger partial charge in [-0.3, -0.25) is 19.3 Å². The van der Waals surface area contributed by atoms with Gasteiger partial charge >= 0.3 is 0 Å². The summed E-state index contributed by atoms with van der Waals surface area (Å²) in [6.07, 6.45) is 0. The van der Waals surface area contributed by atoms with Crippen molar-refractivity contribution in [3.8, 4) is 0 Å². The third kappa shape index (κ3) is 2.43. The molecule has 1 aliphatic heterocycles. The first kappa shape index (κ1) is 14.6. The molecule has 6 heteroatoms. The number of carbonyl (C=O) groups is 3. The third-order valence-electron chi connectivity index (χ3n) is 3.26. The molecule has 0 saturated carbocycles. The highest BCUT2D eigenvalue weighted by Gasteiger charge is 2.32. The molecule has 0 saturated heterocycles. The van der Waals surface area contributed by atoms with E-state index < -0.39 is 5.25 Å². The zero-order valence-electron chi connectivity index (χ0n) is 11.5. The molecule has 1 atom stereocenters. The van der Waals surface area contributed by atoms with Crippen LogP contribution in [0.25, 0.3) is 0 Å². The van der Waals surface area contributed by atoms with E-state index in [0.29, 0.717) is 16.8 Å². The van der Waals surface area contributed by atoms with Gasteiger partial charge in [0.1, 0.15) is 0 Å². The molecule has 2 rings (SSSR count). The molecule has 1 heterocycles. The minimum atomic E-state index is -0.428. The number of nitrogens with zero attached hydrogens (tertiary/aromatic N) is 1. The van der Waals surface area contributed by atoms with Crippen LogP contribution in [0.5, 0.6) is 0 Å². The number of carbonyl (C=O) groups excluding carboxylic acids is 3. The molecule has 106 valence electrons. The first-order valence-electron chi connectivity index (χ1n) is 6.28. The average Bonchev–Trinajstić information content (AvgIpc) is 2.62. The van der Waals surface area contributed by atoms with E-state index in [-0.39, 0.29) is 23.6 Å². The van der Waals surface area contributed by atoms with Gasteiger partial charge in [-0.2, -0.15) is 12.6 Å². The third-order valence-corrected chi connectivity index (χ3v) is 4.09. The second kappa shape index (κ2) is 5.28. The molecule has 1 N–H and O–H groups in total. The highest BCUT2D eigenvalue weighted by Crippen LogP contribution is 2.25. The summed E-state index contributed by atoms with van der Waals surface area (Å²) in [5, 5.41) is 2.28. The molecule has 5 nitrogen and oxygen atoms in total. The van der Waals surface area contributed by atoms with E-state index in [1.807, 2.05) is 13.8 Å². The van der Waals surface area contributed by atoms with Crippen LogP contribution in [-0.4, -0.2) is 34.9 Å². The predicted molar refractivity (Wildman–Crippen MR) is 79.1 cm³/mol. The van der Waals surface area contributed by atoms with Crippen molar-refractivity contribution < 1.29 is 14.4 Å². The van der Waals surface area contributed by atoms with E-state index in [1.165, 1.54) is 13.1 Å². The number of benzene rings is 1. The maximum Gasteiger partial charge on any atom is 0.261 e. The van der Waals surface area contributed by atoms with Gasteiger partial charge in [0, 0.05) is 12.7 Å². The van der Waals surface area contributed by atoms with E-state index in [0.717, 1.165) is 4.90 Å². The molecular weight excluding hydrogens is 276 g/mol. The van der Waals surface area contributed by atoms with Crippen LogP contribution in [0.4, 0.5) is 5.69 Å². The van der Waals surface area contributed by atoms with Crippen LogP contribution in [0, 0.1) is 5.92 Å². The molecule has 0 bridgehead atoms. The lowest BCUT2D eigenvalue weighted by Crippen LogP contribution is -2.27. The maximum absolute atomic E-state index is 11.9. The minimum Gasteiger partial charge on any atom is -0.325 e. The number of anilines is 1. The molecule has 3 amide bonds. The van der Waals surface area contributed by atoms with E-state index in [4.69, 9.17) is 0 Å². The fourth-order valence-electron chi connectivity index (χ4n) is 1.96. The van der Waals surface area contributed by atoms with Gasteiger partial charge in [0.25, 0.3) is 11.8 Å². The number of hydrogen-bond acceptors (Lipinski definition) is 4.